The topological polar surface area (TPSA) is 53.0 Å². The predicted octanol–water partition coefficient (Wildman–Crippen LogP) is 2.12. The van der Waals surface area contributed by atoms with Crippen molar-refractivity contribution in [2.75, 3.05) is 39.8 Å². The zero-order valence-electron chi connectivity index (χ0n) is 13.0. The van der Waals surface area contributed by atoms with E-state index in [9.17, 15) is 4.79 Å². The van der Waals surface area contributed by atoms with Gasteiger partial charge in [0.1, 0.15) is 0 Å². The molecule has 0 aliphatic carbocycles. The maximum absolute atomic E-state index is 10.7. The molecule has 1 N–H and O–H groups in total. The molecule has 0 spiro atoms. The Balaban J connectivity index is 1.95. The summed E-state index contributed by atoms with van der Waals surface area (Å²) in [5.41, 5.74) is 1.11. The van der Waals surface area contributed by atoms with Gasteiger partial charge in [-0.15, -0.1) is 0 Å². The number of hydrogen-bond acceptors (Lipinski definition) is 4. The summed E-state index contributed by atoms with van der Waals surface area (Å²) < 4.78 is 5.77. The lowest BCUT2D eigenvalue weighted by molar-refractivity contribution is -0.138. The molecular weight excluding hydrogens is 304 g/mol. The lowest BCUT2D eigenvalue weighted by atomic mass is 10.1. The van der Waals surface area contributed by atoms with Gasteiger partial charge in [-0.1, -0.05) is 29.8 Å². The molecule has 0 amide bonds. The van der Waals surface area contributed by atoms with Crippen LogP contribution < -0.4 is 0 Å². The van der Waals surface area contributed by atoms with E-state index in [1.54, 1.807) is 11.9 Å². The lowest BCUT2D eigenvalue weighted by Crippen LogP contribution is -2.48. The van der Waals surface area contributed by atoms with Crippen LogP contribution in [0.2, 0.25) is 5.02 Å². The molecule has 2 unspecified atom stereocenters. The minimum absolute atomic E-state index is 0.0167. The average molecular weight is 327 g/mol. The molecular formula is C16H23ClN2O3. The van der Waals surface area contributed by atoms with Crippen molar-refractivity contribution in [1.29, 1.82) is 0 Å². The Morgan fingerprint density at radius 1 is 1.55 bits per heavy atom. The fourth-order valence-electron chi connectivity index (χ4n) is 2.86. The van der Waals surface area contributed by atoms with Gasteiger partial charge in [-0.3, -0.25) is 14.6 Å². The molecule has 0 bridgehead atoms. The molecule has 0 radical (unpaired) electrons. The zero-order chi connectivity index (χ0) is 16.1. The Bertz CT molecular complexity index is 512. The van der Waals surface area contributed by atoms with Gasteiger partial charge in [0, 0.05) is 30.7 Å². The second kappa shape index (κ2) is 7.92. The molecule has 0 saturated carbocycles. The summed E-state index contributed by atoms with van der Waals surface area (Å²) in [5, 5.41) is 9.60. The Morgan fingerprint density at radius 2 is 2.27 bits per heavy atom. The van der Waals surface area contributed by atoms with Crippen molar-refractivity contribution in [3.8, 4) is 0 Å². The summed E-state index contributed by atoms with van der Waals surface area (Å²) in [5.74, 6) is -0.820. The van der Waals surface area contributed by atoms with Crippen LogP contribution in [0.15, 0.2) is 24.3 Å². The van der Waals surface area contributed by atoms with E-state index in [0.29, 0.717) is 13.2 Å². The van der Waals surface area contributed by atoms with Gasteiger partial charge < -0.3 is 9.84 Å². The first kappa shape index (κ1) is 17.2. The summed E-state index contributed by atoms with van der Waals surface area (Å²) in [7, 11) is 1.80. The highest BCUT2D eigenvalue weighted by Crippen LogP contribution is 2.28. The molecule has 1 saturated heterocycles. The molecule has 1 aliphatic heterocycles. The molecule has 6 heteroatoms. The van der Waals surface area contributed by atoms with Gasteiger partial charge in [0.05, 0.1) is 19.3 Å². The molecule has 1 heterocycles. The van der Waals surface area contributed by atoms with Gasteiger partial charge in [0.2, 0.25) is 0 Å². The van der Waals surface area contributed by atoms with Crippen LogP contribution in [0.3, 0.4) is 0 Å². The van der Waals surface area contributed by atoms with E-state index >= 15 is 0 Å². The summed E-state index contributed by atoms with van der Waals surface area (Å²) in [6, 6.07) is 8.10. The van der Waals surface area contributed by atoms with E-state index in [1.165, 1.54) is 0 Å². The molecule has 1 aromatic rings. The molecule has 2 rings (SSSR count). The van der Waals surface area contributed by atoms with E-state index in [4.69, 9.17) is 21.4 Å². The number of likely N-dealkylation sites (N-methyl/N-ethyl adjacent to an activating group) is 1. The average Bonchev–Trinajstić information content (AvgIpc) is 2.46. The Hall–Kier alpha value is -1.14. The van der Waals surface area contributed by atoms with Gasteiger partial charge in [0.25, 0.3) is 0 Å². The third-order valence-corrected chi connectivity index (χ3v) is 4.34. The number of hydrogen-bond donors (Lipinski definition) is 1. The van der Waals surface area contributed by atoms with Crippen LogP contribution in [0.5, 0.6) is 0 Å². The Morgan fingerprint density at radius 3 is 2.95 bits per heavy atom. The number of nitrogens with zero attached hydrogens (tertiary/aromatic N) is 2. The first-order chi connectivity index (χ1) is 10.5. The standard InChI is InChI=1S/C16H23ClN2O3/c1-12(14-5-3-4-6-15(14)17)19-7-8-22-13(10-19)9-18(2)11-16(20)21/h3-6,12-13H,7-11H2,1-2H3,(H,20,21). The highest BCUT2D eigenvalue weighted by molar-refractivity contribution is 6.31. The van der Waals surface area contributed by atoms with Crippen molar-refractivity contribution < 1.29 is 14.6 Å². The smallest absolute Gasteiger partial charge is 0.317 e. The van der Waals surface area contributed by atoms with Crippen molar-refractivity contribution >= 4 is 17.6 Å². The summed E-state index contributed by atoms with van der Waals surface area (Å²) in [6.07, 6.45) is 0.0167. The number of benzene rings is 1. The fourth-order valence-corrected chi connectivity index (χ4v) is 3.15. The Labute approximate surface area is 136 Å². The second-order valence-corrected chi connectivity index (χ2v) is 6.18. The number of ether oxygens (including phenoxy) is 1. The second-order valence-electron chi connectivity index (χ2n) is 5.78. The number of aliphatic carboxylic acids is 1. The summed E-state index contributed by atoms with van der Waals surface area (Å²) >= 11 is 6.28. The van der Waals surface area contributed by atoms with Gasteiger partial charge in [-0.2, -0.15) is 0 Å². The fraction of sp³-hybridized carbons (Fsp3) is 0.562. The molecule has 1 aromatic carbocycles. The number of morpholine rings is 1. The van der Waals surface area contributed by atoms with Crippen LogP contribution in [0.25, 0.3) is 0 Å². The summed E-state index contributed by atoms with van der Waals surface area (Å²) in [6.45, 7) is 5.06. The third-order valence-electron chi connectivity index (χ3n) is 3.99. The van der Waals surface area contributed by atoms with Gasteiger partial charge >= 0.3 is 5.97 Å². The molecule has 1 fully saturated rings. The highest BCUT2D eigenvalue weighted by atomic mass is 35.5. The van der Waals surface area contributed by atoms with Crippen LogP contribution in [0.4, 0.5) is 0 Å². The minimum Gasteiger partial charge on any atom is -0.480 e. The van der Waals surface area contributed by atoms with E-state index < -0.39 is 5.97 Å². The van der Waals surface area contributed by atoms with Crippen LogP contribution in [0, 0.1) is 0 Å². The maximum Gasteiger partial charge on any atom is 0.317 e. The number of carbonyl (C=O) groups is 1. The number of rotatable bonds is 6. The molecule has 5 nitrogen and oxygen atoms in total. The molecule has 22 heavy (non-hydrogen) atoms. The molecule has 1 aliphatic rings. The van der Waals surface area contributed by atoms with E-state index in [1.807, 2.05) is 24.3 Å². The normalized spacial score (nSPS) is 21.0. The summed E-state index contributed by atoms with van der Waals surface area (Å²) in [4.78, 5) is 14.9. The number of carboxylic acids is 1. The lowest BCUT2D eigenvalue weighted by Gasteiger charge is -2.38. The SMILES string of the molecule is CC(c1ccccc1Cl)N1CCOC(CN(C)CC(=O)O)C1. The molecule has 122 valence electrons. The van der Waals surface area contributed by atoms with Crippen molar-refractivity contribution in [2.24, 2.45) is 0 Å². The van der Waals surface area contributed by atoms with Crippen molar-refractivity contribution in [3.05, 3.63) is 34.9 Å². The number of halogens is 1. The third kappa shape index (κ3) is 4.68. The van der Waals surface area contributed by atoms with E-state index in [2.05, 4.69) is 11.8 Å². The minimum atomic E-state index is -0.820. The molecule has 0 aromatic heterocycles. The largest absolute Gasteiger partial charge is 0.480 e. The van der Waals surface area contributed by atoms with E-state index in [0.717, 1.165) is 23.7 Å². The van der Waals surface area contributed by atoms with Gasteiger partial charge in [-0.25, -0.2) is 0 Å². The quantitative estimate of drug-likeness (QED) is 0.868. The van der Waals surface area contributed by atoms with Crippen LogP contribution >= 0.6 is 11.6 Å². The van der Waals surface area contributed by atoms with Gasteiger partial charge in [-0.05, 0) is 25.6 Å². The van der Waals surface area contributed by atoms with E-state index in [-0.39, 0.29) is 18.7 Å². The Kier molecular flexibility index (Phi) is 6.20. The van der Waals surface area contributed by atoms with Crippen LogP contribution in [-0.2, 0) is 9.53 Å². The first-order valence-electron chi connectivity index (χ1n) is 7.47. The maximum atomic E-state index is 10.7. The monoisotopic (exact) mass is 326 g/mol. The first-order valence-corrected chi connectivity index (χ1v) is 7.85. The van der Waals surface area contributed by atoms with Crippen molar-refractivity contribution in [2.45, 2.75) is 19.1 Å². The van der Waals surface area contributed by atoms with Crippen molar-refractivity contribution in [3.63, 3.8) is 0 Å². The van der Waals surface area contributed by atoms with Gasteiger partial charge in [0.15, 0.2) is 0 Å². The molecule has 2 atom stereocenters. The van der Waals surface area contributed by atoms with Crippen LogP contribution in [0.1, 0.15) is 18.5 Å². The number of carboxylic acid groups (broad SMARTS) is 1. The highest BCUT2D eigenvalue weighted by Gasteiger charge is 2.26. The van der Waals surface area contributed by atoms with Crippen molar-refractivity contribution in [1.82, 2.24) is 9.80 Å². The van der Waals surface area contributed by atoms with Crippen LogP contribution in [-0.4, -0.2) is 66.8 Å². The zero-order valence-corrected chi connectivity index (χ0v) is 13.8. The predicted molar refractivity (Wildman–Crippen MR) is 86.3 cm³/mol.